The number of fused-ring (bicyclic) bond motifs is 1. The summed E-state index contributed by atoms with van der Waals surface area (Å²) in [6.07, 6.45) is 4.63. The lowest BCUT2D eigenvalue weighted by atomic mass is 9.71. The summed E-state index contributed by atoms with van der Waals surface area (Å²) in [6, 6.07) is 6.01. The Morgan fingerprint density at radius 2 is 1.96 bits per heavy atom. The molecule has 1 aliphatic rings. The average Bonchev–Trinajstić information content (AvgIpc) is 2.66. The Hall–Kier alpha value is -2.77. The van der Waals surface area contributed by atoms with E-state index >= 15 is 0 Å². The molecule has 8 nitrogen and oxygen atoms in total. The van der Waals surface area contributed by atoms with Crippen molar-refractivity contribution in [2.75, 3.05) is 6.54 Å². The van der Waals surface area contributed by atoms with Crippen molar-refractivity contribution >= 4 is 22.8 Å². The molecular formula is C19H24N4O4. The Bertz CT molecular complexity index is 902. The first-order chi connectivity index (χ1) is 12.9. The first kappa shape index (κ1) is 19.0. The third-order valence-electron chi connectivity index (χ3n) is 5.42. The molecule has 1 aromatic carbocycles. The van der Waals surface area contributed by atoms with Crippen LogP contribution in [-0.2, 0) is 9.59 Å². The highest BCUT2D eigenvalue weighted by Crippen LogP contribution is 2.38. The van der Waals surface area contributed by atoms with E-state index in [1.54, 1.807) is 31.2 Å². The first-order valence-electron chi connectivity index (χ1n) is 9.26. The highest BCUT2D eigenvalue weighted by atomic mass is 16.4. The quantitative estimate of drug-likeness (QED) is 0.800. The molecule has 0 radical (unpaired) electrons. The Morgan fingerprint density at radius 3 is 2.67 bits per heavy atom. The Morgan fingerprint density at radius 1 is 1.26 bits per heavy atom. The maximum Gasteiger partial charge on any atom is 0.303 e. The van der Waals surface area contributed by atoms with E-state index in [1.807, 2.05) is 0 Å². The highest BCUT2D eigenvalue weighted by molar-refractivity contribution is 5.81. The monoisotopic (exact) mass is 372 g/mol. The van der Waals surface area contributed by atoms with Crippen molar-refractivity contribution in [3.8, 4) is 0 Å². The van der Waals surface area contributed by atoms with Crippen LogP contribution < -0.4 is 10.9 Å². The van der Waals surface area contributed by atoms with Crippen molar-refractivity contribution in [2.45, 2.75) is 51.5 Å². The molecule has 144 valence electrons. The molecule has 1 aliphatic carbocycles. The molecule has 1 saturated carbocycles. The summed E-state index contributed by atoms with van der Waals surface area (Å²) < 4.78 is 1.07. The number of carbonyl (C=O) groups is 2. The zero-order valence-corrected chi connectivity index (χ0v) is 15.4. The number of carboxylic acids is 1. The van der Waals surface area contributed by atoms with Crippen LogP contribution in [0.5, 0.6) is 0 Å². The van der Waals surface area contributed by atoms with Crippen molar-refractivity contribution < 1.29 is 14.7 Å². The lowest BCUT2D eigenvalue weighted by molar-refractivity contribution is -0.141. The van der Waals surface area contributed by atoms with Gasteiger partial charge in [-0.2, -0.15) is 4.68 Å². The number of rotatable bonds is 6. The predicted molar refractivity (Wildman–Crippen MR) is 99.3 cm³/mol. The number of nitrogens with zero attached hydrogens (tertiary/aromatic N) is 3. The molecule has 1 atom stereocenters. The molecule has 2 aromatic rings. The van der Waals surface area contributed by atoms with Gasteiger partial charge in [0, 0.05) is 6.54 Å². The highest BCUT2D eigenvalue weighted by Gasteiger charge is 2.35. The second-order valence-electron chi connectivity index (χ2n) is 7.38. The molecule has 0 bridgehead atoms. The van der Waals surface area contributed by atoms with Gasteiger partial charge in [0.1, 0.15) is 11.6 Å². The van der Waals surface area contributed by atoms with E-state index < -0.39 is 17.4 Å². The van der Waals surface area contributed by atoms with Gasteiger partial charge in [0.15, 0.2) is 0 Å². The molecule has 0 aliphatic heterocycles. The van der Waals surface area contributed by atoms with E-state index in [0.717, 1.165) is 36.8 Å². The van der Waals surface area contributed by atoms with Crippen molar-refractivity contribution in [3.63, 3.8) is 0 Å². The SMILES string of the molecule is C[C@H](C(=O)NCC1(CC(=O)O)CCCCC1)n1nnc2ccccc2c1=O. The number of hydrogen-bond acceptors (Lipinski definition) is 5. The number of aromatic nitrogens is 3. The Balaban J connectivity index is 1.74. The van der Waals surface area contributed by atoms with Crippen molar-refractivity contribution in [3.05, 3.63) is 34.6 Å². The maximum absolute atomic E-state index is 12.6. The van der Waals surface area contributed by atoms with Gasteiger partial charge in [0.05, 0.1) is 11.8 Å². The zero-order valence-electron chi connectivity index (χ0n) is 15.4. The summed E-state index contributed by atoms with van der Waals surface area (Å²) in [5, 5.41) is 20.4. The minimum absolute atomic E-state index is 0.0391. The van der Waals surface area contributed by atoms with E-state index in [2.05, 4.69) is 15.6 Å². The Kier molecular flexibility index (Phi) is 5.53. The normalized spacial score (nSPS) is 17.4. The lowest BCUT2D eigenvalue weighted by Crippen LogP contribution is -2.44. The summed E-state index contributed by atoms with van der Waals surface area (Å²) in [6.45, 7) is 1.88. The van der Waals surface area contributed by atoms with Gasteiger partial charge >= 0.3 is 5.97 Å². The zero-order chi connectivity index (χ0) is 19.4. The molecule has 1 amide bonds. The lowest BCUT2D eigenvalue weighted by Gasteiger charge is -2.36. The van der Waals surface area contributed by atoms with Crippen LogP contribution in [0.2, 0.25) is 0 Å². The van der Waals surface area contributed by atoms with E-state index in [4.69, 9.17) is 0 Å². The molecular weight excluding hydrogens is 348 g/mol. The number of nitrogens with one attached hydrogen (secondary N) is 1. The molecule has 27 heavy (non-hydrogen) atoms. The summed E-state index contributed by atoms with van der Waals surface area (Å²) in [5.74, 6) is -1.21. The van der Waals surface area contributed by atoms with Crippen LogP contribution in [0.3, 0.4) is 0 Å². The van der Waals surface area contributed by atoms with Gasteiger partial charge < -0.3 is 10.4 Å². The van der Waals surface area contributed by atoms with Crippen LogP contribution in [0.4, 0.5) is 0 Å². The molecule has 1 fully saturated rings. The van der Waals surface area contributed by atoms with Gasteiger partial charge in [-0.05, 0) is 37.3 Å². The van der Waals surface area contributed by atoms with Crippen molar-refractivity contribution in [1.82, 2.24) is 20.3 Å². The van der Waals surface area contributed by atoms with E-state index in [0.29, 0.717) is 10.9 Å². The number of aliphatic carboxylic acids is 1. The molecule has 8 heteroatoms. The van der Waals surface area contributed by atoms with Crippen molar-refractivity contribution in [2.24, 2.45) is 5.41 Å². The van der Waals surface area contributed by atoms with Crippen LogP contribution in [0.25, 0.3) is 10.9 Å². The first-order valence-corrected chi connectivity index (χ1v) is 9.26. The summed E-state index contributed by atoms with van der Waals surface area (Å²) in [7, 11) is 0. The van der Waals surface area contributed by atoms with Crippen LogP contribution in [0.15, 0.2) is 29.1 Å². The fraction of sp³-hybridized carbons (Fsp3) is 0.526. The smallest absolute Gasteiger partial charge is 0.303 e. The summed E-state index contributed by atoms with van der Waals surface area (Å²) >= 11 is 0. The molecule has 0 saturated heterocycles. The number of carboxylic acid groups (broad SMARTS) is 1. The van der Waals surface area contributed by atoms with Crippen LogP contribution in [-0.4, -0.2) is 38.5 Å². The molecule has 0 spiro atoms. The topological polar surface area (TPSA) is 114 Å². The average molecular weight is 372 g/mol. The van der Waals surface area contributed by atoms with Gasteiger partial charge in [0.25, 0.3) is 5.56 Å². The van der Waals surface area contributed by atoms with Crippen LogP contribution in [0, 0.1) is 5.41 Å². The minimum atomic E-state index is -0.851. The van der Waals surface area contributed by atoms with Gasteiger partial charge in [0.2, 0.25) is 5.91 Å². The van der Waals surface area contributed by atoms with Gasteiger partial charge in [-0.1, -0.05) is 36.6 Å². The third-order valence-corrected chi connectivity index (χ3v) is 5.42. The third kappa shape index (κ3) is 4.15. The number of hydrogen-bond donors (Lipinski definition) is 2. The predicted octanol–water partition coefficient (Wildman–Crippen LogP) is 1.89. The van der Waals surface area contributed by atoms with E-state index in [-0.39, 0.29) is 24.4 Å². The second kappa shape index (κ2) is 7.85. The van der Waals surface area contributed by atoms with E-state index in [9.17, 15) is 19.5 Å². The fourth-order valence-corrected chi connectivity index (χ4v) is 3.83. The molecule has 2 N–H and O–H groups in total. The van der Waals surface area contributed by atoms with Gasteiger partial charge in [-0.3, -0.25) is 14.4 Å². The number of benzene rings is 1. The Labute approximate surface area is 156 Å². The molecule has 1 heterocycles. The second-order valence-corrected chi connectivity index (χ2v) is 7.38. The maximum atomic E-state index is 12.6. The minimum Gasteiger partial charge on any atom is -0.481 e. The van der Waals surface area contributed by atoms with Crippen molar-refractivity contribution in [1.29, 1.82) is 0 Å². The number of carbonyl (C=O) groups excluding carboxylic acids is 1. The number of amides is 1. The molecule has 3 rings (SSSR count). The molecule has 0 unspecified atom stereocenters. The van der Waals surface area contributed by atoms with Crippen LogP contribution >= 0.6 is 0 Å². The summed E-state index contributed by atoms with van der Waals surface area (Å²) in [4.78, 5) is 36.5. The fourth-order valence-electron chi connectivity index (χ4n) is 3.83. The van der Waals surface area contributed by atoms with E-state index in [1.165, 1.54) is 0 Å². The van der Waals surface area contributed by atoms with Gasteiger partial charge in [-0.15, -0.1) is 5.10 Å². The van der Waals surface area contributed by atoms with Gasteiger partial charge in [-0.25, -0.2) is 0 Å². The standard InChI is InChI=1S/C19H24N4O4/c1-13(23-18(27)14-7-3-4-8-15(14)21-22-23)17(26)20-12-19(11-16(24)25)9-5-2-6-10-19/h3-4,7-8,13H,2,5-6,9-12H2,1H3,(H,20,26)(H,24,25)/t13-/m1/s1. The molecule has 1 aromatic heterocycles. The summed E-state index contributed by atoms with van der Waals surface area (Å²) in [5.41, 5.74) is -0.311. The largest absolute Gasteiger partial charge is 0.481 e. The van der Waals surface area contributed by atoms with Crippen LogP contribution in [0.1, 0.15) is 51.5 Å².